The van der Waals surface area contributed by atoms with Gasteiger partial charge in [0.2, 0.25) is 0 Å². The van der Waals surface area contributed by atoms with Crippen molar-refractivity contribution in [3.05, 3.63) is 48.0 Å². The first-order valence-electron chi connectivity index (χ1n) is 9.62. The Bertz CT molecular complexity index is 660. The van der Waals surface area contributed by atoms with Gasteiger partial charge in [-0.1, -0.05) is 6.07 Å². The summed E-state index contributed by atoms with van der Waals surface area (Å²) in [6.45, 7) is 9.09. The van der Waals surface area contributed by atoms with Gasteiger partial charge in [-0.3, -0.25) is 14.6 Å². The molecule has 134 valence electrons. The second kappa shape index (κ2) is 7.67. The Morgan fingerprint density at radius 2 is 2.12 bits per heavy atom. The van der Waals surface area contributed by atoms with Crippen LogP contribution in [0.2, 0.25) is 0 Å². The Labute approximate surface area is 150 Å². The monoisotopic (exact) mass is 339 g/mol. The molecule has 0 spiro atoms. The number of fused-ring (bicyclic) bond motifs is 3. The van der Waals surface area contributed by atoms with Gasteiger partial charge in [-0.25, -0.2) is 0 Å². The summed E-state index contributed by atoms with van der Waals surface area (Å²) in [4.78, 5) is 9.67. The highest BCUT2D eigenvalue weighted by molar-refractivity contribution is 5.09. The number of aromatic nitrogens is 3. The van der Waals surface area contributed by atoms with Gasteiger partial charge >= 0.3 is 0 Å². The van der Waals surface area contributed by atoms with Crippen LogP contribution in [0.15, 0.2) is 36.9 Å². The summed E-state index contributed by atoms with van der Waals surface area (Å²) in [5.41, 5.74) is 2.57. The third-order valence-electron chi connectivity index (χ3n) is 5.79. The molecule has 0 aromatic carbocycles. The highest BCUT2D eigenvalue weighted by atomic mass is 15.3. The summed E-state index contributed by atoms with van der Waals surface area (Å²) in [7, 11) is 0. The number of rotatable bonds is 7. The molecular formula is C20H29N5. The van der Waals surface area contributed by atoms with Gasteiger partial charge < -0.3 is 4.90 Å². The summed E-state index contributed by atoms with van der Waals surface area (Å²) in [5.74, 6) is 0.869. The van der Waals surface area contributed by atoms with E-state index in [0.717, 1.165) is 32.0 Å². The molecule has 0 N–H and O–H groups in total. The van der Waals surface area contributed by atoms with Gasteiger partial charge in [-0.15, -0.1) is 0 Å². The molecule has 5 heteroatoms. The van der Waals surface area contributed by atoms with E-state index in [1.54, 1.807) is 0 Å². The fourth-order valence-corrected chi connectivity index (χ4v) is 4.46. The molecule has 1 atom stereocenters. The van der Waals surface area contributed by atoms with Crippen molar-refractivity contribution in [2.24, 2.45) is 5.92 Å². The smallest absolute Gasteiger partial charge is 0.0518 e. The molecule has 2 aromatic heterocycles. The van der Waals surface area contributed by atoms with E-state index in [1.165, 1.54) is 43.6 Å². The van der Waals surface area contributed by atoms with Crippen molar-refractivity contribution in [2.45, 2.75) is 45.3 Å². The van der Waals surface area contributed by atoms with E-state index in [9.17, 15) is 0 Å². The van der Waals surface area contributed by atoms with Gasteiger partial charge in [0, 0.05) is 50.8 Å². The first kappa shape index (κ1) is 16.7. The highest BCUT2D eigenvalue weighted by Crippen LogP contribution is 2.31. The van der Waals surface area contributed by atoms with E-state index in [2.05, 4.69) is 49.8 Å². The molecule has 0 radical (unpaired) electrons. The van der Waals surface area contributed by atoms with Crippen molar-refractivity contribution >= 4 is 0 Å². The van der Waals surface area contributed by atoms with Crippen LogP contribution in [0.5, 0.6) is 0 Å². The average Bonchev–Trinajstić information content (AvgIpc) is 3.08. The molecule has 2 aromatic rings. The number of piperidine rings is 3. The Morgan fingerprint density at radius 3 is 2.76 bits per heavy atom. The number of aryl methyl sites for hydroxylation is 2. The molecule has 0 unspecified atom stereocenters. The molecule has 5 nitrogen and oxygen atoms in total. The highest BCUT2D eigenvalue weighted by Gasteiger charge is 2.37. The van der Waals surface area contributed by atoms with Crippen LogP contribution in [0, 0.1) is 12.8 Å². The molecule has 0 amide bonds. The van der Waals surface area contributed by atoms with Crippen LogP contribution < -0.4 is 0 Å². The van der Waals surface area contributed by atoms with Crippen LogP contribution in [-0.2, 0) is 13.1 Å². The molecule has 3 saturated heterocycles. The summed E-state index contributed by atoms with van der Waals surface area (Å²) in [6, 6.07) is 4.96. The lowest BCUT2D eigenvalue weighted by molar-refractivity contribution is 0.000327. The Balaban J connectivity index is 1.41. The van der Waals surface area contributed by atoms with Gasteiger partial charge in [-0.2, -0.15) is 5.10 Å². The van der Waals surface area contributed by atoms with Crippen LogP contribution in [0.1, 0.15) is 30.4 Å². The number of hydrogen-bond donors (Lipinski definition) is 0. The normalized spacial score (nSPS) is 25.6. The largest absolute Gasteiger partial charge is 0.302 e. The maximum atomic E-state index is 4.43. The van der Waals surface area contributed by atoms with Gasteiger partial charge in [-0.05, 0) is 62.4 Å². The van der Waals surface area contributed by atoms with E-state index in [1.807, 2.05) is 18.6 Å². The molecule has 2 bridgehead atoms. The average molecular weight is 339 g/mol. The zero-order chi connectivity index (χ0) is 17.1. The van der Waals surface area contributed by atoms with E-state index in [-0.39, 0.29) is 0 Å². The Kier molecular flexibility index (Phi) is 5.13. The minimum atomic E-state index is 0.696. The van der Waals surface area contributed by atoms with E-state index in [4.69, 9.17) is 0 Å². The maximum Gasteiger partial charge on any atom is 0.0518 e. The lowest BCUT2D eigenvalue weighted by Gasteiger charge is -2.49. The van der Waals surface area contributed by atoms with Gasteiger partial charge in [0.1, 0.15) is 0 Å². The molecule has 0 saturated carbocycles. The second-order valence-electron chi connectivity index (χ2n) is 7.67. The van der Waals surface area contributed by atoms with Crippen LogP contribution in [0.4, 0.5) is 0 Å². The van der Waals surface area contributed by atoms with Crippen molar-refractivity contribution < 1.29 is 0 Å². The summed E-state index contributed by atoms with van der Waals surface area (Å²) >= 11 is 0. The Hall–Kier alpha value is -1.72. The van der Waals surface area contributed by atoms with Crippen molar-refractivity contribution in [3.8, 4) is 0 Å². The molecule has 5 rings (SSSR count). The molecule has 3 aliphatic heterocycles. The molecule has 0 aliphatic carbocycles. The lowest BCUT2D eigenvalue weighted by Crippen LogP contribution is -2.57. The topological polar surface area (TPSA) is 37.2 Å². The van der Waals surface area contributed by atoms with Gasteiger partial charge in [0.15, 0.2) is 0 Å². The van der Waals surface area contributed by atoms with Crippen LogP contribution in [0.3, 0.4) is 0 Å². The van der Waals surface area contributed by atoms with E-state index >= 15 is 0 Å². The first-order valence-corrected chi connectivity index (χ1v) is 9.62. The SMILES string of the molecule is Cc1cnn(CCCN(Cc2cccnc2)[C@H]2CN3CCC2CC3)c1. The third-order valence-corrected chi connectivity index (χ3v) is 5.79. The molecule has 3 aliphatic rings. The minimum Gasteiger partial charge on any atom is -0.302 e. The summed E-state index contributed by atoms with van der Waals surface area (Å²) < 4.78 is 2.08. The summed E-state index contributed by atoms with van der Waals surface area (Å²) in [5, 5.41) is 4.43. The molecular weight excluding hydrogens is 310 g/mol. The van der Waals surface area contributed by atoms with Crippen molar-refractivity contribution in [1.29, 1.82) is 0 Å². The van der Waals surface area contributed by atoms with Crippen LogP contribution >= 0.6 is 0 Å². The quantitative estimate of drug-likeness (QED) is 0.777. The lowest BCUT2D eigenvalue weighted by atomic mass is 9.83. The van der Waals surface area contributed by atoms with Gasteiger partial charge in [0.25, 0.3) is 0 Å². The minimum absolute atomic E-state index is 0.696. The van der Waals surface area contributed by atoms with Crippen molar-refractivity contribution in [1.82, 2.24) is 24.6 Å². The summed E-state index contributed by atoms with van der Waals surface area (Å²) in [6.07, 6.45) is 11.8. The maximum absolute atomic E-state index is 4.43. The predicted octanol–water partition coefficient (Wildman–Crippen LogP) is 2.57. The number of pyridine rings is 1. The van der Waals surface area contributed by atoms with Crippen LogP contribution in [0.25, 0.3) is 0 Å². The van der Waals surface area contributed by atoms with E-state index < -0.39 is 0 Å². The molecule has 25 heavy (non-hydrogen) atoms. The zero-order valence-electron chi connectivity index (χ0n) is 15.2. The number of nitrogens with zero attached hydrogens (tertiary/aromatic N) is 5. The first-order chi connectivity index (χ1) is 12.3. The fourth-order valence-electron chi connectivity index (χ4n) is 4.46. The van der Waals surface area contributed by atoms with Crippen molar-refractivity contribution in [3.63, 3.8) is 0 Å². The Morgan fingerprint density at radius 1 is 1.24 bits per heavy atom. The van der Waals surface area contributed by atoms with E-state index in [0.29, 0.717) is 6.04 Å². The predicted molar refractivity (Wildman–Crippen MR) is 99.2 cm³/mol. The third kappa shape index (κ3) is 4.10. The second-order valence-corrected chi connectivity index (χ2v) is 7.67. The standard InChI is InChI=1S/C20H29N5/c1-17-12-22-25(14-17)9-3-8-24(15-18-4-2-7-21-13-18)20-16-23-10-5-19(20)6-11-23/h2,4,7,12-14,19-20H,3,5-6,8-11,15-16H2,1H3/t20-/m0/s1. The zero-order valence-corrected chi connectivity index (χ0v) is 15.2. The molecule has 5 heterocycles. The molecule has 3 fully saturated rings. The fraction of sp³-hybridized carbons (Fsp3) is 0.600. The van der Waals surface area contributed by atoms with Crippen LogP contribution in [-0.4, -0.2) is 56.8 Å². The van der Waals surface area contributed by atoms with Crippen molar-refractivity contribution in [2.75, 3.05) is 26.2 Å². The van der Waals surface area contributed by atoms with Gasteiger partial charge in [0.05, 0.1) is 6.20 Å². The number of hydrogen-bond acceptors (Lipinski definition) is 4.